The summed E-state index contributed by atoms with van der Waals surface area (Å²) in [7, 11) is 0. The van der Waals surface area contributed by atoms with Crippen molar-refractivity contribution in [2.75, 3.05) is 5.43 Å². The van der Waals surface area contributed by atoms with Crippen molar-refractivity contribution in [3.63, 3.8) is 0 Å². The number of rotatable bonds is 3. The third kappa shape index (κ3) is 5.68. The van der Waals surface area contributed by atoms with Gasteiger partial charge in [-0.25, -0.2) is 0 Å². The molecule has 12 heteroatoms. The van der Waals surface area contributed by atoms with E-state index in [2.05, 4.69) is 20.8 Å². The summed E-state index contributed by atoms with van der Waals surface area (Å²) >= 11 is 5.77. The fourth-order valence-corrected chi connectivity index (χ4v) is 1.95. The van der Waals surface area contributed by atoms with Crippen molar-refractivity contribution in [1.29, 1.82) is 5.26 Å². The number of benzene rings is 2. The first-order chi connectivity index (χ1) is 13.0. The third-order valence-corrected chi connectivity index (χ3v) is 3.46. The third-order valence-electron chi connectivity index (χ3n) is 3.13. The summed E-state index contributed by atoms with van der Waals surface area (Å²) in [6.45, 7) is 0. The molecule has 0 saturated carbocycles. The SMILES string of the molecule is N#CC(N=Nc1ccc(C(F)(F)F)cc1)=NNc1cc(C(F)(F)F)ccc1Cl. The van der Waals surface area contributed by atoms with Gasteiger partial charge in [-0.05, 0) is 42.5 Å². The normalized spacial score (nSPS) is 12.9. The zero-order valence-electron chi connectivity index (χ0n) is 13.5. The lowest BCUT2D eigenvalue weighted by Crippen LogP contribution is -2.06. The minimum Gasteiger partial charge on any atom is -0.274 e. The number of anilines is 1. The monoisotopic (exact) mass is 419 g/mol. The van der Waals surface area contributed by atoms with Gasteiger partial charge in [0.15, 0.2) is 0 Å². The van der Waals surface area contributed by atoms with E-state index >= 15 is 0 Å². The Labute approximate surface area is 158 Å². The summed E-state index contributed by atoms with van der Waals surface area (Å²) in [5, 5.41) is 19.3. The molecule has 0 aliphatic heterocycles. The lowest BCUT2D eigenvalue weighted by atomic mass is 10.2. The second-order valence-corrected chi connectivity index (χ2v) is 5.50. The van der Waals surface area contributed by atoms with Crippen LogP contribution in [0.1, 0.15) is 11.1 Å². The summed E-state index contributed by atoms with van der Waals surface area (Å²) < 4.78 is 75.6. The Bertz CT molecular complexity index is 942. The number of nitrogens with one attached hydrogen (secondary N) is 1. The van der Waals surface area contributed by atoms with Crippen molar-refractivity contribution in [1.82, 2.24) is 0 Å². The van der Waals surface area contributed by atoms with Gasteiger partial charge in [0.2, 0.25) is 0 Å². The predicted octanol–water partition coefficient (Wildman–Crippen LogP) is 6.41. The van der Waals surface area contributed by atoms with Crippen LogP contribution in [-0.2, 0) is 12.4 Å². The molecule has 0 atom stereocenters. The Morgan fingerprint density at radius 1 is 0.929 bits per heavy atom. The highest BCUT2D eigenvalue weighted by atomic mass is 35.5. The van der Waals surface area contributed by atoms with Gasteiger partial charge in [-0.2, -0.15) is 31.6 Å². The van der Waals surface area contributed by atoms with Gasteiger partial charge in [-0.1, -0.05) is 11.6 Å². The van der Waals surface area contributed by atoms with E-state index in [0.717, 1.165) is 36.4 Å². The first-order valence-corrected chi connectivity index (χ1v) is 7.58. The highest BCUT2D eigenvalue weighted by molar-refractivity contribution is 6.33. The molecule has 0 radical (unpaired) electrons. The van der Waals surface area contributed by atoms with E-state index in [4.69, 9.17) is 16.9 Å². The van der Waals surface area contributed by atoms with Crippen molar-refractivity contribution in [2.45, 2.75) is 12.4 Å². The molecule has 146 valence electrons. The lowest BCUT2D eigenvalue weighted by Gasteiger charge is -2.09. The minimum absolute atomic E-state index is 0.00745. The van der Waals surface area contributed by atoms with E-state index in [1.807, 2.05) is 0 Å². The van der Waals surface area contributed by atoms with Crippen LogP contribution in [-0.4, -0.2) is 5.84 Å². The van der Waals surface area contributed by atoms with Crippen LogP contribution in [0, 0.1) is 11.3 Å². The second kappa shape index (κ2) is 8.26. The molecule has 0 aliphatic rings. The van der Waals surface area contributed by atoms with Gasteiger partial charge in [0.25, 0.3) is 5.84 Å². The molecule has 0 fully saturated rings. The van der Waals surface area contributed by atoms with Crippen LogP contribution < -0.4 is 5.43 Å². The fraction of sp³-hybridized carbons (Fsp3) is 0.125. The molecule has 0 unspecified atom stereocenters. The molecule has 0 heterocycles. The van der Waals surface area contributed by atoms with E-state index in [0.29, 0.717) is 6.07 Å². The molecule has 0 aliphatic carbocycles. The molecule has 5 nitrogen and oxygen atoms in total. The Morgan fingerprint density at radius 3 is 2.04 bits per heavy atom. The van der Waals surface area contributed by atoms with Crippen LogP contribution in [0.2, 0.25) is 5.02 Å². The van der Waals surface area contributed by atoms with E-state index in [1.165, 1.54) is 6.07 Å². The topological polar surface area (TPSA) is 72.9 Å². The summed E-state index contributed by atoms with van der Waals surface area (Å²) in [5.41, 5.74) is 0.0783. The number of nitrogens with zero attached hydrogens (tertiary/aromatic N) is 4. The number of alkyl halides is 6. The van der Waals surface area contributed by atoms with E-state index in [1.54, 1.807) is 0 Å². The van der Waals surface area contributed by atoms with Crippen LogP contribution in [0.15, 0.2) is 57.8 Å². The number of azo groups is 1. The van der Waals surface area contributed by atoms with Crippen LogP contribution in [0.3, 0.4) is 0 Å². The van der Waals surface area contributed by atoms with Gasteiger partial charge in [0, 0.05) is 0 Å². The number of nitriles is 1. The maximum atomic E-state index is 12.7. The van der Waals surface area contributed by atoms with Gasteiger partial charge in [-0.15, -0.1) is 15.3 Å². The maximum absolute atomic E-state index is 12.7. The van der Waals surface area contributed by atoms with Crippen LogP contribution >= 0.6 is 11.6 Å². The zero-order valence-corrected chi connectivity index (χ0v) is 14.2. The van der Waals surface area contributed by atoms with Crippen molar-refractivity contribution in [3.8, 4) is 6.07 Å². The molecule has 0 saturated heterocycles. The standard InChI is InChI=1S/C16H8ClF6N5/c17-12-6-3-10(16(21,22)23)7-13(12)26-28-14(8-24)27-25-11-4-1-9(2-5-11)15(18,19)20/h1-7,26H. The van der Waals surface area contributed by atoms with E-state index in [9.17, 15) is 26.3 Å². The van der Waals surface area contributed by atoms with Crippen molar-refractivity contribution in [3.05, 3.63) is 58.6 Å². The van der Waals surface area contributed by atoms with Gasteiger partial charge in [-0.3, -0.25) is 5.43 Å². The predicted molar refractivity (Wildman–Crippen MR) is 89.1 cm³/mol. The van der Waals surface area contributed by atoms with Crippen LogP contribution in [0.5, 0.6) is 0 Å². The van der Waals surface area contributed by atoms with E-state index in [-0.39, 0.29) is 16.4 Å². The zero-order chi connectivity index (χ0) is 20.9. The molecule has 2 aromatic carbocycles. The van der Waals surface area contributed by atoms with Gasteiger partial charge >= 0.3 is 12.4 Å². The number of hydrogen-bond donors (Lipinski definition) is 1. The van der Waals surface area contributed by atoms with Gasteiger partial charge in [0.1, 0.15) is 6.07 Å². The quantitative estimate of drug-likeness (QED) is 0.205. The summed E-state index contributed by atoms with van der Waals surface area (Å²) in [6, 6.07) is 7.59. The van der Waals surface area contributed by atoms with E-state index < -0.39 is 29.3 Å². The molecular weight excluding hydrogens is 412 g/mol. The molecule has 2 aromatic rings. The van der Waals surface area contributed by atoms with Crippen molar-refractivity contribution >= 4 is 28.8 Å². The Morgan fingerprint density at radius 2 is 1.50 bits per heavy atom. The lowest BCUT2D eigenvalue weighted by molar-refractivity contribution is -0.138. The summed E-state index contributed by atoms with van der Waals surface area (Å²) in [6.07, 6.45) is -9.12. The molecule has 1 N–H and O–H groups in total. The van der Waals surface area contributed by atoms with Crippen LogP contribution in [0.25, 0.3) is 0 Å². The fourth-order valence-electron chi connectivity index (χ4n) is 1.79. The van der Waals surface area contributed by atoms with Crippen molar-refractivity contribution < 1.29 is 26.3 Å². The molecule has 0 amide bonds. The smallest absolute Gasteiger partial charge is 0.274 e. The Hall–Kier alpha value is -3.13. The Kier molecular flexibility index (Phi) is 6.25. The number of halogens is 7. The number of amidine groups is 1. The molecule has 0 bridgehead atoms. The Balaban J connectivity index is 2.17. The molecule has 2 rings (SSSR count). The molecule has 0 spiro atoms. The maximum Gasteiger partial charge on any atom is 0.416 e. The molecule has 28 heavy (non-hydrogen) atoms. The number of hydrazone groups is 1. The average molecular weight is 420 g/mol. The van der Waals surface area contributed by atoms with Gasteiger partial charge < -0.3 is 0 Å². The average Bonchev–Trinajstić information content (AvgIpc) is 2.61. The highest BCUT2D eigenvalue weighted by Gasteiger charge is 2.31. The summed E-state index contributed by atoms with van der Waals surface area (Å²) in [4.78, 5) is 0. The van der Waals surface area contributed by atoms with Crippen LogP contribution in [0.4, 0.5) is 37.7 Å². The largest absolute Gasteiger partial charge is 0.416 e. The number of hydrogen-bond acceptors (Lipinski definition) is 4. The minimum atomic E-state index is -4.61. The second-order valence-electron chi connectivity index (χ2n) is 5.10. The first kappa shape index (κ1) is 21.2. The highest BCUT2D eigenvalue weighted by Crippen LogP contribution is 2.34. The van der Waals surface area contributed by atoms with Gasteiger partial charge in [0.05, 0.1) is 27.5 Å². The first-order valence-electron chi connectivity index (χ1n) is 7.20. The molecular formula is C16H8ClF6N5. The summed E-state index contributed by atoms with van der Waals surface area (Å²) in [5.74, 6) is -0.589. The molecule has 0 aromatic heterocycles. The van der Waals surface area contributed by atoms with Crippen molar-refractivity contribution in [2.24, 2.45) is 15.3 Å².